The standard InChI is InChI=1S/C22H17FN4O2/c23-14-7-8-16-15(13-14)20(17-5-1-3-10-24-17)21(18-6-2-4-11-25-18)19(27-16)9-12-26-22(28)29/h1-8,10-11,13,26H,9,12H2,(H,28,29). The van der Waals surface area contributed by atoms with Gasteiger partial charge in [0.2, 0.25) is 0 Å². The van der Waals surface area contributed by atoms with Crippen LogP contribution < -0.4 is 5.32 Å². The van der Waals surface area contributed by atoms with Crippen LogP contribution in [-0.4, -0.2) is 32.7 Å². The summed E-state index contributed by atoms with van der Waals surface area (Å²) in [6, 6.07) is 15.5. The van der Waals surface area contributed by atoms with Crippen molar-refractivity contribution >= 4 is 17.0 Å². The zero-order valence-corrected chi connectivity index (χ0v) is 15.3. The molecule has 0 fully saturated rings. The maximum Gasteiger partial charge on any atom is 0.404 e. The van der Waals surface area contributed by atoms with Crippen molar-refractivity contribution in [2.75, 3.05) is 6.54 Å². The van der Waals surface area contributed by atoms with E-state index >= 15 is 0 Å². The van der Waals surface area contributed by atoms with Gasteiger partial charge in [0.1, 0.15) is 5.82 Å². The van der Waals surface area contributed by atoms with Crippen molar-refractivity contribution < 1.29 is 14.3 Å². The van der Waals surface area contributed by atoms with Crippen LogP contribution in [0.3, 0.4) is 0 Å². The Morgan fingerprint density at radius 3 is 2.28 bits per heavy atom. The minimum atomic E-state index is -1.10. The fourth-order valence-corrected chi connectivity index (χ4v) is 3.32. The molecular formula is C22H17FN4O2. The molecule has 0 saturated carbocycles. The van der Waals surface area contributed by atoms with Crippen molar-refractivity contribution in [2.24, 2.45) is 0 Å². The van der Waals surface area contributed by atoms with Gasteiger partial charge in [0, 0.05) is 41.9 Å². The quantitative estimate of drug-likeness (QED) is 0.532. The van der Waals surface area contributed by atoms with E-state index in [2.05, 4.69) is 15.3 Å². The Bertz CT molecular complexity index is 1170. The molecule has 1 amide bonds. The molecule has 0 atom stereocenters. The second-order valence-electron chi connectivity index (χ2n) is 6.38. The van der Waals surface area contributed by atoms with E-state index in [1.54, 1.807) is 18.5 Å². The number of pyridine rings is 3. The minimum Gasteiger partial charge on any atom is -0.465 e. The molecular weight excluding hydrogens is 371 g/mol. The number of carbonyl (C=O) groups is 1. The van der Waals surface area contributed by atoms with Gasteiger partial charge in [0.05, 0.1) is 22.6 Å². The second-order valence-corrected chi connectivity index (χ2v) is 6.38. The zero-order chi connectivity index (χ0) is 20.2. The van der Waals surface area contributed by atoms with Crippen LogP contribution in [0.1, 0.15) is 5.69 Å². The molecule has 0 aliphatic rings. The molecule has 7 heteroatoms. The Balaban J connectivity index is 2.03. The number of hydrogen-bond donors (Lipinski definition) is 2. The number of nitrogens with one attached hydrogen (secondary N) is 1. The molecule has 6 nitrogen and oxygen atoms in total. The molecule has 2 N–H and O–H groups in total. The fourth-order valence-electron chi connectivity index (χ4n) is 3.32. The van der Waals surface area contributed by atoms with E-state index in [4.69, 9.17) is 10.1 Å². The van der Waals surface area contributed by atoms with Crippen molar-refractivity contribution in [1.29, 1.82) is 0 Å². The number of carboxylic acid groups (broad SMARTS) is 1. The summed E-state index contributed by atoms with van der Waals surface area (Å²) in [5, 5.41) is 11.9. The molecule has 0 aliphatic heterocycles. The lowest BCUT2D eigenvalue weighted by Crippen LogP contribution is -2.23. The van der Waals surface area contributed by atoms with E-state index in [1.165, 1.54) is 12.1 Å². The summed E-state index contributed by atoms with van der Waals surface area (Å²) in [7, 11) is 0. The average molecular weight is 388 g/mol. The molecule has 3 heterocycles. The first-order valence-corrected chi connectivity index (χ1v) is 9.05. The van der Waals surface area contributed by atoms with Crippen LogP contribution in [0.4, 0.5) is 9.18 Å². The number of fused-ring (bicyclic) bond motifs is 1. The van der Waals surface area contributed by atoms with Crippen molar-refractivity contribution in [3.8, 4) is 22.5 Å². The van der Waals surface area contributed by atoms with Gasteiger partial charge in [-0.05, 0) is 42.5 Å². The summed E-state index contributed by atoms with van der Waals surface area (Å²) in [6.45, 7) is 0.191. The van der Waals surface area contributed by atoms with Gasteiger partial charge in [0.25, 0.3) is 0 Å². The Morgan fingerprint density at radius 2 is 1.66 bits per heavy atom. The van der Waals surface area contributed by atoms with Gasteiger partial charge in [-0.15, -0.1) is 0 Å². The second kappa shape index (κ2) is 8.02. The lowest BCUT2D eigenvalue weighted by atomic mass is 9.93. The fraction of sp³-hybridized carbons (Fsp3) is 0.0909. The topological polar surface area (TPSA) is 88.0 Å². The van der Waals surface area contributed by atoms with Crippen LogP contribution in [-0.2, 0) is 6.42 Å². The Labute approximate surface area is 166 Å². The van der Waals surface area contributed by atoms with E-state index < -0.39 is 6.09 Å². The summed E-state index contributed by atoms with van der Waals surface area (Å²) >= 11 is 0. The number of hydrogen-bond acceptors (Lipinski definition) is 4. The van der Waals surface area contributed by atoms with Crippen LogP contribution in [0.5, 0.6) is 0 Å². The summed E-state index contributed by atoms with van der Waals surface area (Å²) < 4.78 is 14.1. The molecule has 3 aromatic heterocycles. The number of aromatic nitrogens is 3. The molecule has 0 bridgehead atoms. The molecule has 4 aromatic rings. The molecule has 144 valence electrons. The van der Waals surface area contributed by atoms with Crippen LogP contribution in [0, 0.1) is 5.82 Å². The monoisotopic (exact) mass is 388 g/mol. The minimum absolute atomic E-state index is 0.191. The molecule has 0 saturated heterocycles. The maximum absolute atomic E-state index is 14.1. The molecule has 0 aliphatic carbocycles. The van der Waals surface area contributed by atoms with Crippen LogP contribution in [0.15, 0.2) is 67.0 Å². The van der Waals surface area contributed by atoms with Gasteiger partial charge in [0.15, 0.2) is 0 Å². The van der Waals surface area contributed by atoms with Gasteiger partial charge in [-0.2, -0.15) is 0 Å². The number of amides is 1. The van der Waals surface area contributed by atoms with Gasteiger partial charge in [-0.1, -0.05) is 12.1 Å². The first-order valence-electron chi connectivity index (χ1n) is 9.05. The first kappa shape index (κ1) is 18.5. The van der Waals surface area contributed by atoms with E-state index in [0.717, 1.165) is 11.1 Å². The molecule has 0 unspecified atom stereocenters. The van der Waals surface area contributed by atoms with Gasteiger partial charge < -0.3 is 10.4 Å². The highest BCUT2D eigenvalue weighted by atomic mass is 19.1. The van der Waals surface area contributed by atoms with Crippen molar-refractivity contribution in [1.82, 2.24) is 20.3 Å². The lowest BCUT2D eigenvalue weighted by molar-refractivity contribution is 0.194. The largest absolute Gasteiger partial charge is 0.465 e. The molecule has 0 radical (unpaired) electrons. The predicted octanol–water partition coefficient (Wildman–Crippen LogP) is 4.31. The highest BCUT2D eigenvalue weighted by Gasteiger charge is 2.20. The summed E-state index contributed by atoms with van der Waals surface area (Å²) in [4.78, 5) is 24.5. The lowest BCUT2D eigenvalue weighted by Gasteiger charge is -2.17. The highest BCUT2D eigenvalue weighted by Crippen LogP contribution is 2.38. The van der Waals surface area contributed by atoms with E-state index in [-0.39, 0.29) is 12.4 Å². The predicted molar refractivity (Wildman–Crippen MR) is 108 cm³/mol. The average Bonchev–Trinajstić information content (AvgIpc) is 2.74. The van der Waals surface area contributed by atoms with Gasteiger partial charge in [-0.3, -0.25) is 15.0 Å². The summed E-state index contributed by atoms with van der Waals surface area (Å²) in [5.41, 5.74) is 4.04. The third-order valence-corrected chi connectivity index (χ3v) is 4.50. The Kier molecular flexibility index (Phi) is 5.11. The molecule has 29 heavy (non-hydrogen) atoms. The molecule has 0 spiro atoms. The van der Waals surface area contributed by atoms with Crippen molar-refractivity contribution in [3.63, 3.8) is 0 Å². The van der Waals surface area contributed by atoms with Crippen LogP contribution >= 0.6 is 0 Å². The first-order chi connectivity index (χ1) is 14.1. The normalized spacial score (nSPS) is 10.8. The third kappa shape index (κ3) is 3.89. The van der Waals surface area contributed by atoms with Crippen LogP contribution in [0.2, 0.25) is 0 Å². The number of nitrogens with zero attached hydrogens (tertiary/aromatic N) is 3. The number of benzene rings is 1. The Morgan fingerprint density at radius 1 is 0.966 bits per heavy atom. The van der Waals surface area contributed by atoms with Crippen LogP contribution in [0.25, 0.3) is 33.4 Å². The van der Waals surface area contributed by atoms with Crippen molar-refractivity contribution in [2.45, 2.75) is 6.42 Å². The van der Waals surface area contributed by atoms with E-state index in [0.29, 0.717) is 34.4 Å². The number of halogens is 1. The van der Waals surface area contributed by atoms with Crippen molar-refractivity contribution in [3.05, 3.63) is 78.5 Å². The third-order valence-electron chi connectivity index (χ3n) is 4.50. The highest BCUT2D eigenvalue weighted by molar-refractivity contribution is 6.01. The molecule has 1 aromatic carbocycles. The Hall–Kier alpha value is -3.87. The van der Waals surface area contributed by atoms with E-state index in [1.807, 2.05) is 36.4 Å². The van der Waals surface area contributed by atoms with Gasteiger partial charge >= 0.3 is 6.09 Å². The SMILES string of the molecule is O=C(O)NCCc1nc2ccc(F)cc2c(-c2ccccn2)c1-c1ccccn1. The zero-order valence-electron chi connectivity index (χ0n) is 15.3. The molecule has 4 rings (SSSR count). The summed E-state index contributed by atoms with van der Waals surface area (Å²) in [5.74, 6) is -0.372. The van der Waals surface area contributed by atoms with Gasteiger partial charge in [-0.25, -0.2) is 9.18 Å². The smallest absolute Gasteiger partial charge is 0.404 e. The van der Waals surface area contributed by atoms with E-state index in [9.17, 15) is 9.18 Å². The number of rotatable bonds is 5. The maximum atomic E-state index is 14.1. The summed E-state index contributed by atoms with van der Waals surface area (Å²) in [6.07, 6.45) is 2.60.